The monoisotopic (exact) mass is 269 g/mol. The van der Waals surface area contributed by atoms with Crippen molar-refractivity contribution in [2.75, 3.05) is 6.54 Å². The number of rotatable bonds is 5. The maximum Gasteiger partial charge on any atom is 0.126 e. The average Bonchev–Trinajstić information content (AvgIpc) is 2.87. The first-order chi connectivity index (χ1) is 8.70. The summed E-state index contributed by atoms with van der Waals surface area (Å²) in [4.78, 5) is 0. The third-order valence-electron chi connectivity index (χ3n) is 3.88. The molecule has 100 valence electrons. The van der Waals surface area contributed by atoms with Gasteiger partial charge >= 0.3 is 0 Å². The molecule has 0 bridgehead atoms. The molecule has 1 N–H and O–H groups in total. The Morgan fingerprint density at radius 3 is 2.78 bits per heavy atom. The topological polar surface area (TPSA) is 12.0 Å². The molecule has 1 unspecified atom stereocenters. The van der Waals surface area contributed by atoms with Gasteiger partial charge in [-0.25, -0.2) is 4.39 Å². The lowest BCUT2D eigenvalue weighted by Crippen LogP contribution is -2.37. The first-order valence-electron chi connectivity index (χ1n) is 6.88. The molecular weight excluding hydrogens is 249 g/mol. The van der Waals surface area contributed by atoms with Crippen LogP contribution < -0.4 is 5.32 Å². The largest absolute Gasteiger partial charge is 0.314 e. The van der Waals surface area contributed by atoms with Gasteiger partial charge in [-0.2, -0.15) is 0 Å². The Balaban J connectivity index is 2.09. The van der Waals surface area contributed by atoms with E-state index >= 15 is 0 Å². The van der Waals surface area contributed by atoms with Crippen LogP contribution in [0.3, 0.4) is 0 Å². The van der Waals surface area contributed by atoms with E-state index < -0.39 is 0 Å². The molecule has 1 aromatic rings. The number of hydrogen-bond acceptors (Lipinski definition) is 1. The summed E-state index contributed by atoms with van der Waals surface area (Å²) in [7, 11) is 0. The number of likely N-dealkylation sites (N-methyl/N-ethyl adjacent to an activating group) is 1. The minimum Gasteiger partial charge on any atom is -0.314 e. The Morgan fingerprint density at radius 1 is 1.39 bits per heavy atom. The summed E-state index contributed by atoms with van der Waals surface area (Å²) < 4.78 is 13.8. The second-order valence-electron chi connectivity index (χ2n) is 5.15. The first-order valence-corrected chi connectivity index (χ1v) is 7.25. The zero-order chi connectivity index (χ0) is 13.0. The van der Waals surface area contributed by atoms with Crippen molar-refractivity contribution in [3.63, 3.8) is 0 Å². The highest BCUT2D eigenvalue weighted by molar-refractivity contribution is 6.30. The Labute approximate surface area is 114 Å². The van der Waals surface area contributed by atoms with Crippen LogP contribution in [0, 0.1) is 11.7 Å². The molecule has 1 fully saturated rings. The molecule has 1 aliphatic carbocycles. The van der Waals surface area contributed by atoms with Gasteiger partial charge in [-0.3, -0.25) is 0 Å². The van der Waals surface area contributed by atoms with Gasteiger partial charge < -0.3 is 5.32 Å². The smallest absolute Gasteiger partial charge is 0.126 e. The van der Waals surface area contributed by atoms with Crippen LogP contribution in [0.1, 0.15) is 38.2 Å². The molecule has 0 amide bonds. The van der Waals surface area contributed by atoms with E-state index in [0.717, 1.165) is 18.5 Å². The van der Waals surface area contributed by atoms with Gasteiger partial charge in [0, 0.05) is 11.1 Å². The lowest BCUT2D eigenvalue weighted by Gasteiger charge is -2.24. The van der Waals surface area contributed by atoms with Crippen LogP contribution in [0.25, 0.3) is 0 Å². The number of nitrogens with one attached hydrogen (secondary N) is 1. The van der Waals surface area contributed by atoms with Crippen LogP contribution in [-0.4, -0.2) is 12.6 Å². The summed E-state index contributed by atoms with van der Waals surface area (Å²) in [5, 5.41) is 4.13. The molecule has 2 rings (SSSR count). The van der Waals surface area contributed by atoms with E-state index in [1.165, 1.54) is 31.7 Å². The number of benzene rings is 1. The molecule has 1 atom stereocenters. The molecule has 0 saturated heterocycles. The maximum atomic E-state index is 13.8. The van der Waals surface area contributed by atoms with Gasteiger partial charge in [-0.15, -0.1) is 0 Å². The second-order valence-corrected chi connectivity index (χ2v) is 5.58. The van der Waals surface area contributed by atoms with Crippen LogP contribution in [0.4, 0.5) is 4.39 Å². The molecule has 18 heavy (non-hydrogen) atoms. The highest BCUT2D eigenvalue weighted by atomic mass is 35.5. The standard InChI is InChI=1S/C15H21ClFN/c1-2-18-15(11-5-3-4-6-11)10-12-9-13(16)7-8-14(12)17/h7-9,11,15,18H,2-6,10H2,1H3. The molecule has 1 saturated carbocycles. The molecule has 1 nitrogen and oxygen atoms in total. The van der Waals surface area contributed by atoms with E-state index in [-0.39, 0.29) is 5.82 Å². The zero-order valence-electron chi connectivity index (χ0n) is 10.9. The van der Waals surface area contributed by atoms with E-state index in [4.69, 9.17) is 11.6 Å². The normalized spacial score (nSPS) is 18.2. The average molecular weight is 270 g/mol. The van der Waals surface area contributed by atoms with Crippen molar-refractivity contribution >= 4 is 11.6 Å². The van der Waals surface area contributed by atoms with Crippen molar-refractivity contribution in [3.05, 3.63) is 34.6 Å². The highest BCUT2D eigenvalue weighted by Gasteiger charge is 2.25. The summed E-state index contributed by atoms with van der Waals surface area (Å²) in [6, 6.07) is 5.22. The Morgan fingerprint density at radius 2 is 2.11 bits per heavy atom. The Kier molecular flexibility index (Phi) is 5.02. The van der Waals surface area contributed by atoms with Crippen molar-refractivity contribution in [1.29, 1.82) is 0 Å². The predicted molar refractivity (Wildman–Crippen MR) is 74.5 cm³/mol. The van der Waals surface area contributed by atoms with E-state index in [2.05, 4.69) is 12.2 Å². The van der Waals surface area contributed by atoms with Gasteiger partial charge in [0.05, 0.1) is 0 Å². The molecule has 0 aliphatic heterocycles. The van der Waals surface area contributed by atoms with Crippen LogP contribution in [0.2, 0.25) is 5.02 Å². The van der Waals surface area contributed by atoms with Crippen LogP contribution in [0.5, 0.6) is 0 Å². The fraction of sp³-hybridized carbons (Fsp3) is 0.600. The maximum absolute atomic E-state index is 13.8. The molecule has 1 aromatic carbocycles. The summed E-state index contributed by atoms with van der Waals surface area (Å²) in [5.41, 5.74) is 0.736. The predicted octanol–water partition coefficient (Wildman–Crippen LogP) is 4.19. The molecule has 1 aliphatic rings. The van der Waals surface area contributed by atoms with Crippen LogP contribution >= 0.6 is 11.6 Å². The van der Waals surface area contributed by atoms with Gasteiger partial charge in [0.15, 0.2) is 0 Å². The van der Waals surface area contributed by atoms with Crippen molar-refractivity contribution < 1.29 is 4.39 Å². The van der Waals surface area contributed by atoms with Crippen molar-refractivity contribution in [3.8, 4) is 0 Å². The van der Waals surface area contributed by atoms with Gasteiger partial charge in [-0.1, -0.05) is 31.4 Å². The molecule has 0 heterocycles. The second kappa shape index (κ2) is 6.53. The van der Waals surface area contributed by atoms with Gasteiger partial charge in [-0.05, 0) is 55.5 Å². The highest BCUT2D eigenvalue weighted by Crippen LogP contribution is 2.30. The van der Waals surface area contributed by atoms with E-state index in [9.17, 15) is 4.39 Å². The molecule has 0 radical (unpaired) electrons. The quantitative estimate of drug-likeness (QED) is 0.845. The van der Waals surface area contributed by atoms with Gasteiger partial charge in [0.2, 0.25) is 0 Å². The zero-order valence-corrected chi connectivity index (χ0v) is 11.6. The Hall–Kier alpha value is -0.600. The Bertz CT molecular complexity index is 388. The fourth-order valence-electron chi connectivity index (χ4n) is 2.96. The molecule has 0 spiro atoms. The lowest BCUT2D eigenvalue weighted by atomic mass is 9.92. The molecule has 0 aromatic heterocycles. The summed E-state index contributed by atoms with van der Waals surface area (Å²) in [5.74, 6) is 0.545. The minimum atomic E-state index is -0.139. The SMILES string of the molecule is CCNC(Cc1cc(Cl)ccc1F)C1CCCC1. The van der Waals surface area contributed by atoms with Gasteiger partial charge in [0.25, 0.3) is 0 Å². The fourth-order valence-corrected chi connectivity index (χ4v) is 3.16. The molecule has 3 heteroatoms. The first kappa shape index (κ1) is 13.8. The molecular formula is C15H21ClFN. The summed E-state index contributed by atoms with van der Waals surface area (Å²) in [6.07, 6.45) is 5.89. The van der Waals surface area contributed by atoms with Crippen molar-refractivity contribution in [2.45, 2.75) is 45.1 Å². The lowest BCUT2D eigenvalue weighted by molar-refractivity contribution is 0.359. The summed E-state index contributed by atoms with van der Waals surface area (Å²) >= 11 is 5.95. The minimum absolute atomic E-state index is 0.139. The van der Waals surface area contributed by atoms with E-state index in [1.54, 1.807) is 12.1 Å². The van der Waals surface area contributed by atoms with Crippen LogP contribution in [-0.2, 0) is 6.42 Å². The van der Waals surface area contributed by atoms with Crippen LogP contribution in [0.15, 0.2) is 18.2 Å². The number of halogens is 2. The van der Waals surface area contributed by atoms with E-state index in [1.807, 2.05) is 0 Å². The van der Waals surface area contributed by atoms with Crippen molar-refractivity contribution in [1.82, 2.24) is 5.32 Å². The van der Waals surface area contributed by atoms with E-state index in [0.29, 0.717) is 17.0 Å². The third kappa shape index (κ3) is 3.46. The van der Waals surface area contributed by atoms with Crippen molar-refractivity contribution in [2.24, 2.45) is 5.92 Å². The third-order valence-corrected chi connectivity index (χ3v) is 4.12. The summed E-state index contributed by atoms with van der Waals surface area (Å²) in [6.45, 7) is 3.04. The number of hydrogen-bond donors (Lipinski definition) is 1. The van der Waals surface area contributed by atoms with Gasteiger partial charge in [0.1, 0.15) is 5.82 Å².